The van der Waals surface area contributed by atoms with E-state index in [1.165, 1.54) is 0 Å². The van der Waals surface area contributed by atoms with Crippen LogP contribution in [0.25, 0.3) is 27.6 Å². The Kier molecular flexibility index (Phi) is 6.14. The molecule has 0 aliphatic carbocycles. The van der Waals surface area contributed by atoms with Crippen molar-refractivity contribution in [3.8, 4) is 5.75 Å². The normalized spacial score (nSPS) is 13.7. The summed E-state index contributed by atoms with van der Waals surface area (Å²) in [4.78, 5) is 15.7. The van der Waals surface area contributed by atoms with E-state index in [4.69, 9.17) is 19.7 Å². The van der Waals surface area contributed by atoms with Gasteiger partial charge in [-0.15, -0.1) is 0 Å². The minimum absolute atomic E-state index is 0.277. The van der Waals surface area contributed by atoms with Gasteiger partial charge < -0.3 is 4.74 Å². The number of para-hydroxylation sites is 2. The SMILES string of the molecule is COc1ccc(Cn2c(=NC(C)(C)C)c3ccccc3n3c(=NC(C)(C)C)c4ccccc4nc23)cc1. The van der Waals surface area contributed by atoms with Crippen LogP contribution in [0.4, 0.5) is 0 Å². The second kappa shape index (κ2) is 9.18. The molecule has 0 unspecified atom stereocenters. The molecule has 6 heteroatoms. The highest BCUT2D eigenvalue weighted by atomic mass is 16.5. The minimum Gasteiger partial charge on any atom is -0.497 e. The highest BCUT2D eigenvalue weighted by molar-refractivity contribution is 5.84. The molecular weight excluding hydrogens is 458 g/mol. The second-order valence-corrected chi connectivity index (χ2v) is 11.4. The summed E-state index contributed by atoms with van der Waals surface area (Å²) < 4.78 is 9.82. The molecular formula is C31H35N5O. The molecule has 2 heterocycles. The Morgan fingerprint density at radius 3 is 1.97 bits per heavy atom. The summed E-state index contributed by atoms with van der Waals surface area (Å²) in [5.41, 5.74) is 4.33. The van der Waals surface area contributed by atoms with Crippen LogP contribution in [-0.2, 0) is 6.54 Å². The molecule has 0 atom stereocenters. The maximum Gasteiger partial charge on any atom is 0.218 e. The van der Waals surface area contributed by atoms with Crippen molar-refractivity contribution in [1.29, 1.82) is 0 Å². The molecule has 0 saturated heterocycles. The first-order chi connectivity index (χ1) is 17.5. The standard InChI is InChI=1S/C31H35N5O/c1-30(2,3)33-27-24-13-9-11-15-26(24)36-28(34-31(4,5)6)23-12-8-10-14-25(23)32-29(36)35(27)20-21-16-18-22(37-7)19-17-21/h8-19H,20H2,1-7H3. The van der Waals surface area contributed by atoms with E-state index in [-0.39, 0.29) is 11.1 Å². The smallest absolute Gasteiger partial charge is 0.218 e. The van der Waals surface area contributed by atoms with E-state index in [2.05, 4.69) is 105 Å². The summed E-state index contributed by atoms with van der Waals surface area (Å²) in [6, 6.07) is 24.9. The first-order valence-electron chi connectivity index (χ1n) is 12.7. The van der Waals surface area contributed by atoms with Crippen molar-refractivity contribution in [1.82, 2.24) is 14.0 Å². The summed E-state index contributed by atoms with van der Waals surface area (Å²) in [5, 5.41) is 2.09. The van der Waals surface area contributed by atoms with E-state index in [1.807, 2.05) is 18.2 Å². The molecule has 0 aliphatic heterocycles. The molecule has 0 spiro atoms. The zero-order valence-corrected chi connectivity index (χ0v) is 22.8. The molecule has 0 N–H and O–H groups in total. The lowest BCUT2D eigenvalue weighted by molar-refractivity contribution is 0.414. The third kappa shape index (κ3) is 5.01. The van der Waals surface area contributed by atoms with E-state index >= 15 is 0 Å². The number of fused-ring (bicyclic) bond motifs is 4. The van der Waals surface area contributed by atoms with Gasteiger partial charge >= 0.3 is 0 Å². The second-order valence-electron chi connectivity index (χ2n) is 11.4. The molecule has 3 aromatic carbocycles. The van der Waals surface area contributed by atoms with Crippen molar-refractivity contribution in [3.05, 3.63) is 89.3 Å². The van der Waals surface area contributed by atoms with Crippen LogP contribution in [0.15, 0.2) is 82.8 Å². The van der Waals surface area contributed by atoms with Crippen LogP contribution in [0.1, 0.15) is 47.1 Å². The van der Waals surface area contributed by atoms with Crippen LogP contribution in [0.5, 0.6) is 5.75 Å². The molecule has 0 aliphatic rings. The molecule has 0 amide bonds. The summed E-state index contributed by atoms with van der Waals surface area (Å²) in [6.07, 6.45) is 0. The van der Waals surface area contributed by atoms with Gasteiger partial charge in [0.05, 0.1) is 35.8 Å². The van der Waals surface area contributed by atoms with Crippen LogP contribution >= 0.6 is 0 Å². The Morgan fingerprint density at radius 1 is 0.730 bits per heavy atom. The van der Waals surface area contributed by atoms with Gasteiger partial charge in [0.1, 0.15) is 16.7 Å². The van der Waals surface area contributed by atoms with E-state index in [1.54, 1.807) is 7.11 Å². The fourth-order valence-electron chi connectivity index (χ4n) is 4.56. The molecule has 190 valence electrons. The lowest BCUT2D eigenvalue weighted by Gasteiger charge is -2.21. The zero-order valence-electron chi connectivity index (χ0n) is 22.8. The first kappa shape index (κ1) is 24.8. The van der Waals surface area contributed by atoms with Gasteiger partial charge in [-0.3, -0.25) is 19.0 Å². The summed E-state index contributed by atoms with van der Waals surface area (Å²) in [5.74, 6) is 1.64. The predicted octanol–water partition coefficient (Wildman–Crippen LogP) is 5.90. The van der Waals surface area contributed by atoms with Gasteiger partial charge in [0, 0.05) is 10.8 Å². The van der Waals surface area contributed by atoms with E-state index in [0.717, 1.165) is 49.9 Å². The molecule has 0 bridgehead atoms. The Morgan fingerprint density at radius 2 is 1.32 bits per heavy atom. The number of methoxy groups -OCH3 is 1. The average molecular weight is 494 g/mol. The zero-order chi connectivity index (χ0) is 26.4. The number of hydrogen-bond donors (Lipinski definition) is 0. The van der Waals surface area contributed by atoms with Gasteiger partial charge in [-0.1, -0.05) is 36.4 Å². The van der Waals surface area contributed by atoms with Crippen molar-refractivity contribution in [3.63, 3.8) is 0 Å². The topological polar surface area (TPSA) is 56.2 Å². The number of aromatic nitrogens is 3. The number of rotatable bonds is 3. The van der Waals surface area contributed by atoms with Crippen molar-refractivity contribution in [2.24, 2.45) is 9.98 Å². The summed E-state index contributed by atoms with van der Waals surface area (Å²) >= 11 is 0. The Hall–Kier alpha value is -3.93. The number of benzene rings is 3. The van der Waals surface area contributed by atoms with Gasteiger partial charge in [-0.05, 0) is 83.5 Å². The van der Waals surface area contributed by atoms with Gasteiger partial charge in [-0.25, -0.2) is 4.98 Å². The maximum absolute atomic E-state index is 5.39. The Labute approximate surface area is 217 Å². The number of nitrogens with zero attached hydrogens (tertiary/aromatic N) is 5. The van der Waals surface area contributed by atoms with Gasteiger partial charge in [0.25, 0.3) is 0 Å². The highest BCUT2D eigenvalue weighted by Gasteiger charge is 2.18. The Balaban J connectivity index is 2.04. The quantitative estimate of drug-likeness (QED) is 0.232. The minimum atomic E-state index is -0.280. The van der Waals surface area contributed by atoms with Crippen LogP contribution in [0.2, 0.25) is 0 Å². The number of hydrogen-bond acceptors (Lipinski definition) is 4. The largest absolute Gasteiger partial charge is 0.497 e. The Bertz CT molecular complexity index is 1740. The van der Waals surface area contributed by atoms with Crippen LogP contribution in [0.3, 0.4) is 0 Å². The third-order valence-electron chi connectivity index (χ3n) is 6.04. The van der Waals surface area contributed by atoms with Crippen LogP contribution < -0.4 is 15.7 Å². The lowest BCUT2D eigenvalue weighted by atomic mass is 10.1. The van der Waals surface area contributed by atoms with E-state index in [9.17, 15) is 0 Å². The maximum atomic E-state index is 5.39. The van der Waals surface area contributed by atoms with E-state index < -0.39 is 0 Å². The van der Waals surface area contributed by atoms with Crippen molar-refractivity contribution in [2.75, 3.05) is 7.11 Å². The molecule has 2 aromatic heterocycles. The van der Waals surface area contributed by atoms with Crippen LogP contribution in [-0.4, -0.2) is 32.1 Å². The first-order valence-corrected chi connectivity index (χ1v) is 12.7. The van der Waals surface area contributed by atoms with Gasteiger partial charge in [-0.2, -0.15) is 0 Å². The third-order valence-corrected chi connectivity index (χ3v) is 6.04. The average Bonchev–Trinajstić information content (AvgIpc) is 2.84. The van der Waals surface area contributed by atoms with Gasteiger partial charge in [0.2, 0.25) is 5.78 Å². The molecule has 37 heavy (non-hydrogen) atoms. The van der Waals surface area contributed by atoms with Gasteiger partial charge in [0.15, 0.2) is 0 Å². The molecule has 6 nitrogen and oxygen atoms in total. The van der Waals surface area contributed by atoms with Crippen molar-refractivity contribution < 1.29 is 4.74 Å². The highest BCUT2D eigenvalue weighted by Crippen LogP contribution is 2.19. The molecule has 0 saturated carbocycles. The lowest BCUT2D eigenvalue weighted by Crippen LogP contribution is -2.34. The molecule has 0 radical (unpaired) electrons. The van der Waals surface area contributed by atoms with Crippen molar-refractivity contribution >= 4 is 27.6 Å². The van der Waals surface area contributed by atoms with E-state index in [0.29, 0.717) is 6.54 Å². The monoisotopic (exact) mass is 493 g/mol. The van der Waals surface area contributed by atoms with Crippen molar-refractivity contribution in [2.45, 2.75) is 59.2 Å². The summed E-state index contributed by atoms with van der Waals surface area (Å²) in [6.45, 7) is 13.4. The summed E-state index contributed by atoms with van der Waals surface area (Å²) in [7, 11) is 1.69. The molecule has 5 aromatic rings. The fourth-order valence-corrected chi connectivity index (χ4v) is 4.56. The molecule has 5 rings (SSSR count). The fraction of sp³-hybridized carbons (Fsp3) is 0.323. The predicted molar refractivity (Wildman–Crippen MR) is 151 cm³/mol. The molecule has 0 fully saturated rings. The van der Waals surface area contributed by atoms with Crippen LogP contribution in [0, 0.1) is 0 Å². The number of ether oxygens (including phenoxy) is 1.